The number of para-hydroxylation sites is 2. The van der Waals surface area contributed by atoms with Crippen LogP contribution in [0.2, 0.25) is 0 Å². The van der Waals surface area contributed by atoms with Crippen LogP contribution in [0.1, 0.15) is 32.6 Å². The van der Waals surface area contributed by atoms with Crippen molar-refractivity contribution in [3.8, 4) is 11.5 Å². The fourth-order valence-corrected chi connectivity index (χ4v) is 1.86. The number of carbonyl (C=O) groups excluding carboxylic acids is 1. The minimum Gasteiger partial charge on any atom is -0.490 e. The van der Waals surface area contributed by atoms with E-state index < -0.39 is 0 Å². The molecule has 0 atom stereocenters. The Balaban J connectivity index is 2.21. The standard InChI is InChI=1S/C16H25NO4/c1-2-20-14-9-5-6-10-15(14)21-13-16(19)17-11-7-3-4-8-12-18/h5-6,9-10,18H,2-4,7-8,11-13H2,1H3,(H,17,19). The van der Waals surface area contributed by atoms with Crippen LogP contribution >= 0.6 is 0 Å². The molecule has 0 aliphatic heterocycles. The largest absolute Gasteiger partial charge is 0.490 e. The summed E-state index contributed by atoms with van der Waals surface area (Å²) in [4.78, 5) is 11.7. The second-order valence-electron chi connectivity index (χ2n) is 4.66. The molecule has 2 N–H and O–H groups in total. The minimum absolute atomic E-state index is 0.0132. The van der Waals surface area contributed by atoms with Crippen molar-refractivity contribution in [1.82, 2.24) is 5.32 Å². The molecule has 0 saturated carbocycles. The van der Waals surface area contributed by atoms with Gasteiger partial charge in [-0.05, 0) is 31.9 Å². The van der Waals surface area contributed by atoms with E-state index in [9.17, 15) is 4.79 Å². The maximum absolute atomic E-state index is 11.7. The molecular formula is C16H25NO4. The third kappa shape index (κ3) is 7.56. The maximum atomic E-state index is 11.7. The topological polar surface area (TPSA) is 67.8 Å². The van der Waals surface area contributed by atoms with Crippen molar-refractivity contribution in [2.45, 2.75) is 32.6 Å². The van der Waals surface area contributed by atoms with E-state index in [4.69, 9.17) is 14.6 Å². The number of aliphatic hydroxyl groups is 1. The highest BCUT2D eigenvalue weighted by atomic mass is 16.5. The first-order valence-electron chi connectivity index (χ1n) is 7.50. The molecule has 0 aliphatic carbocycles. The molecule has 0 bridgehead atoms. The predicted molar refractivity (Wildman–Crippen MR) is 81.7 cm³/mol. The number of nitrogens with one attached hydrogen (secondary N) is 1. The number of aliphatic hydroxyl groups excluding tert-OH is 1. The van der Waals surface area contributed by atoms with Crippen molar-refractivity contribution >= 4 is 5.91 Å². The van der Waals surface area contributed by atoms with Crippen molar-refractivity contribution in [2.24, 2.45) is 0 Å². The van der Waals surface area contributed by atoms with Crippen molar-refractivity contribution in [2.75, 3.05) is 26.4 Å². The van der Waals surface area contributed by atoms with Gasteiger partial charge in [-0.15, -0.1) is 0 Å². The molecule has 0 fully saturated rings. The SMILES string of the molecule is CCOc1ccccc1OCC(=O)NCCCCCCO. The van der Waals surface area contributed by atoms with Crippen molar-refractivity contribution in [3.63, 3.8) is 0 Å². The van der Waals surface area contributed by atoms with E-state index >= 15 is 0 Å². The van der Waals surface area contributed by atoms with Gasteiger partial charge >= 0.3 is 0 Å². The number of carbonyl (C=O) groups is 1. The van der Waals surface area contributed by atoms with Crippen molar-refractivity contribution in [1.29, 1.82) is 0 Å². The molecule has 0 spiro atoms. The van der Waals surface area contributed by atoms with Gasteiger partial charge < -0.3 is 19.9 Å². The van der Waals surface area contributed by atoms with Gasteiger partial charge in [-0.25, -0.2) is 0 Å². The number of hydrogen-bond acceptors (Lipinski definition) is 4. The van der Waals surface area contributed by atoms with E-state index in [0.29, 0.717) is 24.7 Å². The van der Waals surface area contributed by atoms with Crippen LogP contribution in [-0.2, 0) is 4.79 Å². The van der Waals surface area contributed by atoms with Crippen LogP contribution in [0.25, 0.3) is 0 Å². The Morgan fingerprint density at radius 1 is 1.10 bits per heavy atom. The lowest BCUT2D eigenvalue weighted by Gasteiger charge is -2.11. The lowest BCUT2D eigenvalue weighted by molar-refractivity contribution is -0.123. The summed E-state index contributed by atoms with van der Waals surface area (Å²) in [7, 11) is 0. The monoisotopic (exact) mass is 295 g/mol. The van der Waals surface area contributed by atoms with Crippen LogP contribution < -0.4 is 14.8 Å². The van der Waals surface area contributed by atoms with Gasteiger partial charge in [0.25, 0.3) is 5.91 Å². The number of amides is 1. The second kappa shape index (κ2) is 11.0. The number of hydrogen-bond donors (Lipinski definition) is 2. The molecule has 1 rings (SSSR count). The third-order valence-corrected chi connectivity index (χ3v) is 2.91. The first-order chi connectivity index (χ1) is 10.3. The highest BCUT2D eigenvalue weighted by molar-refractivity contribution is 5.77. The molecule has 118 valence electrons. The minimum atomic E-state index is -0.136. The fourth-order valence-electron chi connectivity index (χ4n) is 1.86. The molecule has 1 amide bonds. The molecular weight excluding hydrogens is 270 g/mol. The first kappa shape index (κ1) is 17.3. The third-order valence-electron chi connectivity index (χ3n) is 2.91. The van der Waals surface area contributed by atoms with Gasteiger partial charge in [0.05, 0.1) is 6.61 Å². The summed E-state index contributed by atoms with van der Waals surface area (Å²) in [6.45, 7) is 3.32. The van der Waals surface area contributed by atoms with Crippen LogP contribution in [0.5, 0.6) is 11.5 Å². The Hall–Kier alpha value is -1.75. The van der Waals surface area contributed by atoms with E-state index in [1.807, 2.05) is 25.1 Å². The Bertz CT molecular complexity index is 409. The summed E-state index contributed by atoms with van der Waals surface area (Å²) in [5.74, 6) is 1.10. The highest BCUT2D eigenvalue weighted by Crippen LogP contribution is 2.26. The summed E-state index contributed by atoms with van der Waals surface area (Å²) < 4.78 is 10.9. The average Bonchev–Trinajstić information content (AvgIpc) is 2.50. The lowest BCUT2D eigenvalue weighted by Crippen LogP contribution is -2.29. The van der Waals surface area contributed by atoms with Gasteiger partial charge in [-0.1, -0.05) is 25.0 Å². The quantitative estimate of drug-likeness (QED) is 0.614. The summed E-state index contributed by atoms with van der Waals surface area (Å²) >= 11 is 0. The molecule has 5 nitrogen and oxygen atoms in total. The van der Waals surface area contributed by atoms with Gasteiger partial charge in [0.2, 0.25) is 0 Å². The van der Waals surface area contributed by atoms with E-state index in [0.717, 1.165) is 25.7 Å². The summed E-state index contributed by atoms with van der Waals surface area (Å²) in [5.41, 5.74) is 0. The van der Waals surface area contributed by atoms with E-state index in [1.165, 1.54) is 0 Å². The smallest absolute Gasteiger partial charge is 0.257 e. The van der Waals surface area contributed by atoms with Crippen LogP contribution in [0.4, 0.5) is 0 Å². The van der Waals surface area contributed by atoms with E-state index in [-0.39, 0.29) is 19.1 Å². The number of ether oxygens (including phenoxy) is 2. The average molecular weight is 295 g/mol. The summed E-state index contributed by atoms with van der Waals surface area (Å²) in [6.07, 6.45) is 3.74. The molecule has 0 unspecified atom stereocenters. The Morgan fingerprint density at radius 2 is 1.76 bits per heavy atom. The Labute approximate surface area is 126 Å². The second-order valence-corrected chi connectivity index (χ2v) is 4.66. The molecule has 5 heteroatoms. The van der Waals surface area contributed by atoms with Crippen molar-refractivity contribution < 1.29 is 19.4 Å². The predicted octanol–water partition coefficient (Wildman–Crippen LogP) is 2.13. The number of unbranched alkanes of at least 4 members (excludes halogenated alkanes) is 3. The molecule has 0 heterocycles. The van der Waals surface area contributed by atoms with Crippen LogP contribution in [-0.4, -0.2) is 37.4 Å². The van der Waals surface area contributed by atoms with Crippen molar-refractivity contribution in [3.05, 3.63) is 24.3 Å². The normalized spacial score (nSPS) is 10.2. The molecule has 0 radical (unpaired) electrons. The molecule has 1 aromatic rings. The first-order valence-corrected chi connectivity index (χ1v) is 7.50. The zero-order chi connectivity index (χ0) is 15.3. The van der Waals surface area contributed by atoms with E-state index in [1.54, 1.807) is 6.07 Å². The zero-order valence-corrected chi connectivity index (χ0v) is 12.6. The Kier molecular flexibility index (Phi) is 9.04. The highest BCUT2D eigenvalue weighted by Gasteiger charge is 2.06. The van der Waals surface area contributed by atoms with Crippen LogP contribution in [0.3, 0.4) is 0 Å². The molecule has 21 heavy (non-hydrogen) atoms. The Morgan fingerprint density at radius 3 is 2.43 bits per heavy atom. The van der Waals surface area contributed by atoms with Gasteiger partial charge in [0.15, 0.2) is 18.1 Å². The molecule has 0 aliphatic rings. The van der Waals surface area contributed by atoms with Gasteiger partial charge in [0.1, 0.15) is 0 Å². The van der Waals surface area contributed by atoms with Gasteiger partial charge in [-0.2, -0.15) is 0 Å². The summed E-state index contributed by atoms with van der Waals surface area (Å²) in [5, 5.41) is 11.5. The number of rotatable bonds is 11. The molecule has 0 saturated heterocycles. The van der Waals surface area contributed by atoms with E-state index in [2.05, 4.69) is 5.32 Å². The van der Waals surface area contributed by atoms with Gasteiger partial charge in [-0.3, -0.25) is 4.79 Å². The maximum Gasteiger partial charge on any atom is 0.257 e. The fraction of sp³-hybridized carbons (Fsp3) is 0.562. The van der Waals surface area contributed by atoms with Crippen LogP contribution in [0, 0.1) is 0 Å². The molecule has 1 aromatic carbocycles. The summed E-state index contributed by atoms with van der Waals surface area (Å²) in [6, 6.07) is 7.31. The van der Waals surface area contributed by atoms with Gasteiger partial charge in [0, 0.05) is 13.2 Å². The number of benzene rings is 1. The zero-order valence-electron chi connectivity index (χ0n) is 12.6. The lowest BCUT2D eigenvalue weighted by atomic mass is 10.2. The van der Waals surface area contributed by atoms with Crippen LogP contribution in [0.15, 0.2) is 24.3 Å². The molecule has 0 aromatic heterocycles.